The number of carbonyl (C=O) groups excluding carboxylic acids is 1. The number of fused-ring (bicyclic) bond motifs is 1. The van der Waals surface area contributed by atoms with Crippen molar-refractivity contribution in [1.29, 1.82) is 0 Å². The lowest BCUT2D eigenvalue weighted by atomic mass is 10.1. The second kappa shape index (κ2) is 7.54. The summed E-state index contributed by atoms with van der Waals surface area (Å²) in [7, 11) is 0.124. The van der Waals surface area contributed by atoms with Gasteiger partial charge >= 0.3 is 0 Å². The van der Waals surface area contributed by atoms with E-state index in [9.17, 15) is 9.00 Å². The lowest BCUT2D eigenvalue weighted by Crippen LogP contribution is -2.30. The summed E-state index contributed by atoms with van der Waals surface area (Å²) >= 11 is 4.48. The Hall–Kier alpha value is -2.25. The number of rotatable bonds is 6. The van der Waals surface area contributed by atoms with Crippen molar-refractivity contribution in [2.75, 3.05) is 7.11 Å². The lowest BCUT2D eigenvalue weighted by Gasteiger charge is -2.14. The molecule has 1 aliphatic carbocycles. The summed E-state index contributed by atoms with van der Waals surface area (Å²) < 4.78 is 20.7. The molecular weight excluding hydrogens is 404 g/mol. The van der Waals surface area contributed by atoms with E-state index in [0.29, 0.717) is 22.1 Å². The standard InChI is InChI=1S/C22H24N2O3S2/c1-14-4-6-17(7-5-14)29(26)24-16(13-23-21(25)22(2)8-9-22)10-15-11-20(28)19(27-3)12-18(15)24/h4-7,10-12,28H,8-9,13H2,1-3H3,(H,23,25). The van der Waals surface area contributed by atoms with Gasteiger partial charge in [-0.15, -0.1) is 12.6 Å². The molecule has 0 spiro atoms. The summed E-state index contributed by atoms with van der Waals surface area (Å²) in [5.41, 5.74) is 2.40. The molecule has 1 aromatic heterocycles. The highest BCUT2D eigenvalue weighted by Crippen LogP contribution is 2.45. The molecule has 1 N–H and O–H groups in total. The summed E-state index contributed by atoms with van der Waals surface area (Å²) in [6, 6.07) is 13.3. The number of carbonyl (C=O) groups is 1. The average molecular weight is 429 g/mol. The summed E-state index contributed by atoms with van der Waals surface area (Å²) in [5, 5.41) is 3.92. The fourth-order valence-corrected chi connectivity index (χ4v) is 4.84. The van der Waals surface area contributed by atoms with Crippen LogP contribution in [0.3, 0.4) is 0 Å². The first-order valence-corrected chi connectivity index (χ1v) is 11.1. The van der Waals surface area contributed by atoms with Gasteiger partial charge in [0.25, 0.3) is 0 Å². The first-order valence-electron chi connectivity index (χ1n) is 9.51. The Labute approximate surface area is 178 Å². The van der Waals surface area contributed by atoms with Crippen LogP contribution < -0.4 is 10.1 Å². The van der Waals surface area contributed by atoms with Crippen LogP contribution in [0.5, 0.6) is 5.75 Å². The van der Waals surface area contributed by atoms with Crippen molar-refractivity contribution in [2.24, 2.45) is 5.41 Å². The summed E-state index contributed by atoms with van der Waals surface area (Å²) in [6.45, 7) is 4.28. The van der Waals surface area contributed by atoms with Gasteiger partial charge < -0.3 is 10.1 Å². The SMILES string of the molecule is COc1cc2c(cc1S)cc(CNC(=O)C1(C)CC1)n2S(=O)c1ccc(C)cc1. The zero-order valence-corrected chi connectivity index (χ0v) is 18.4. The first kappa shape index (κ1) is 20.0. The van der Waals surface area contributed by atoms with Gasteiger partial charge in [-0.05, 0) is 44.0 Å². The molecule has 1 fully saturated rings. The van der Waals surface area contributed by atoms with Gasteiger partial charge in [-0.25, -0.2) is 4.21 Å². The zero-order valence-electron chi connectivity index (χ0n) is 16.7. The number of hydrogen-bond acceptors (Lipinski definition) is 4. The number of nitrogens with zero attached hydrogens (tertiary/aromatic N) is 1. The number of aromatic nitrogens is 1. The van der Waals surface area contributed by atoms with Crippen LogP contribution >= 0.6 is 12.6 Å². The number of benzene rings is 2. The van der Waals surface area contributed by atoms with E-state index >= 15 is 0 Å². The molecule has 3 aromatic rings. The van der Waals surface area contributed by atoms with Gasteiger partial charge in [-0.3, -0.25) is 8.77 Å². The molecule has 1 aliphatic rings. The van der Waals surface area contributed by atoms with Crippen LogP contribution in [-0.4, -0.2) is 21.2 Å². The van der Waals surface area contributed by atoms with Crippen LogP contribution in [0.15, 0.2) is 52.3 Å². The normalized spacial score (nSPS) is 15.9. The minimum absolute atomic E-state index is 0.0443. The van der Waals surface area contributed by atoms with E-state index in [1.54, 1.807) is 11.1 Å². The van der Waals surface area contributed by atoms with E-state index in [2.05, 4.69) is 17.9 Å². The Morgan fingerprint density at radius 2 is 1.93 bits per heavy atom. The van der Waals surface area contributed by atoms with Crippen LogP contribution in [0, 0.1) is 12.3 Å². The molecule has 1 amide bonds. The van der Waals surface area contributed by atoms with Crippen molar-refractivity contribution in [3.8, 4) is 5.75 Å². The van der Waals surface area contributed by atoms with Crippen molar-refractivity contribution in [3.05, 3.63) is 53.7 Å². The van der Waals surface area contributed by atoms with Gasteiger partial charge in [0.05, 0.1) is 29.8 Å². The van der Waals surface area contributed by atoms with Gasteiger partial charge in [0, 0.05) is 21.8 Å². The van der Waals surface area contributed by atoms with Crippen molar-refractivity contribution in [3.63, 3.8) is 0 Å². The van der Waals surface area contributed by atoms with E-state index in [1.807, 2.05) is 56.3 Å². The highest BCUT2D eigenvalue weighted by molar-refractivity contribution is 7.83. The number of hydrogen-bond donors (Lipinski definition) is 2. The van der Waals surface area contributed by atoms with Crippen LogP contribution in [0.1, 0.15) is 31.0 Å². The second-order valence-corrected chi connectivity index (χ2v) is 9.64. The van der Waals surface area contributed by atoms with Crippen molar-refractivity contribution < 1.29 is 13.7 Å². The lowest BCUT2D eigenvalue weighted by molar-refractivity contribution is -0.125. The Bertz CT molecular complexity index is 1120. The van der Waals surface area contributed by atoms with Crippen molar-refractivity contribution in [1.82, 2.24) is 9.29 Å². The number of amides is 1. The van der Waals surface area contributed by atoms with E-state index in [4.69, 9.17) is 4.74 Å². The molecule has 0 radical (unpaired) electrons. The molecule has 1 saturated carbocycles. The Kier molecular flexibility index (Phi) is 5.21. The van der Waals surface area contributed by atoms with Gasteiger partial charge in [0.1, 0.15) is 5.75 Å². The molecule has 1 unspecified atom stereocenters. The minimum Gasteiger partial charge on any atom is -0.496 e. The topological polar surface area (TPSA) is 60.3 Å². The molecule has 29 heavy (non-hydrogen) atoms. The quantitative estimate of drug-likeness (QED) is 0.578. The van der Waals surface area contributed by atoms with Crippen molar-refractivity contribution >= 4 is 40.4 Å². The third-order valence-corrected chi connectivity index (χ3v) is 7.28. The highest BCUT2D eigenvalue weighted by atomic mass is 32.2. The molecule has 0 aliphatic heterocycles. The smallest absolute Gasteiger partial charge is 0.226 e. The monoisotopic (exact) mass is 428 g/mol. The number of aryl methyl sites for hydroxylation is 1. The molecule has 2 aromatic carbocycles. The fraction of sp³-hybridized carbons (Fsp3) is 0.318. The third kappa shape index (κ3) is 3.81. The Balaban J connectivity index is 1.78. The van der Waals surface area contributed by atoms with Gasteiger partial charge in [-0.1, -0.05) is 24.6 Å². The predicted molar refractivity (Wildman–Crippen MR) is 118 cm³/mol. The Morgan fingerprint density at radius 3 is 2.55 bits per heavy atom. The van der Waals surface area contributed by atoms with Crippen LogP contribution in [0.25, 0.3) is 10.9 Å². The maximum absolute atomic E-state index is 13.5. The van der Waals surface area contributed by atoms with E-state index in [0.717, 1.165) is 35.0 Å². The third-order valence-electron chi connectivity index (χ3n) is 5.50. The number of methoxy groups -OCH3 is 1. The van der Waals surface area contributed by atoms with Crippen molar-refractivity contribution in [2.45, 2.75) is 43.0 Å². The predicted octanol–water partition coefficient (Wildman–Crippen LogP) is 4.23. The average Bonchev–Trinajstić information content (AvgIpc) is 3.36. The summed E-state index contributed by atoms with van der Waals surface area (Å²) in [6.07, 6.45) is 1.83. The Morgan fingerprint density at radius 1 is 1.24 bits per heavy atom. The summed E-state index contributed by atoms with van der Waals surface area (Å²) in [4.78, 5) is 13.8. The van der Waals surface area contributed by atoms with Gasteiger partial charge in [0.15, 0.2) is 11.0 Å². The number of nitrogens with one attached hydrogen (secondary N) is 1. The van der Waals surface area contributed by atoms with E-state index < -0.39 is 11.0 Å². The first-order chi connectivity index (χ1) is 13.8. The molecule has 7 heteroatoms. The number of ether oxygens (including phenoxy) is 1. The maximum Gasteiger partial charge on any atom is 0.226 e. The molecule has 0 saturated heterocycles. The maximum atomic E-state index is 13.5. The molecule has 152 valence electrons. The van der Waals surface area contributed by atoms with Crippen LogP contribution in [0.4, 0.5) is 0 Å². The molecule has 1 heterocycles. The van der Waals surface area contributed by atoms with Gasteiger partial charge in [0.2, 0.25) is 5.91 Å². The van der Waals surface area contributed by atoms with Crippen LogP contribution in [-0.2, 0) is 22.3 Å². The summed E-state index contributed by atoms with van der Waals surface area (Å²) in [5.74, 6) is 0.657. The molecule has 5 nitrogen and oxygen atoms in total. The second-order valence-electron chi connectivity index (χ2n) is 7.82. The highest BCUT2D eigenvalue weighted by Gasteiger charge is 2.44. The number of thiol groups is 1. The van der Waals surface area contributed by atoms with E-state index in [1.165, 1.54) is 0 Å². The van der Waals surface area contributed by atoms with E-state index in [-0.39, 0.29) is 11.3 Å². The van der Waals surface area contributed by atoms with Crippen LogP contribution in [0.2, 0.25) is 0 Å². The molecule has 0 bridgehead atoms. The minimum atomic E-state index is -1.46. The fourth-order valence-electron chi connectivity index (χ4n) is 3.30. The largest absolute Gasteiger partial charge is 0.496 e. The molecule has 1 atom stereocenters. The molecular formula is C22H24N2O3S2. The van der Waals surface area contributed by atoms with Gasteiger partial charge in [-0.2, -0.15) is 0 Å². The molecule has 4 rings (SSSR count). The zero-order chi connectivity index (χ0) is 20.8.